The van der Waals surface area contributed by atoms with Gasteiger partial charge in [0.05, 0.1) is 4.90 Å². The van der Waals surface area contributed by atoms with E-state index in [1.165, 1.54) is 5.56 Å². The van der Waals surface area contributed by atoms with Crippen molar-refractivity contribution in [2.24, 2.45) is 5.92 Å². The van der Waals surface area contributed by atoms with Gasteiger partial charge in [-0.1, -0.05) is 42.5 Å². The summed E-state index contributed by atoms with van der Waals surface area (Å²) in [6, 6.07) is 16.9. The van der Waals surface area contributed by atoms with E-state index in [1.54, 1.807) is 18.2 Å². The molecule has 2 aromatic rings. The molecule has 1 N–H and O–H groups in total. The van der Waals surface area contributed by atoms with Crippen molar-refractivity contribution in [2.45, 2.75) is 24.7 Å². The lowest BCUT2D eigenvalue weighted by Gasteiger charge is -2.17. The van der Waals surface area contributed by atoms with Gasteiger partial charge in [-0.15, -0.1) is 0 Å². The van der Waals surface area contributed by atoms with E-state index < -0.39 is 10.0 Å². The van der Waals surface area contributed by atoms with Crippen LogP contribution in [-0.4, -0.2) is 38.9 Å². The first kappa shape index (κ1) is 18.6. The molecule has 0 bridgehead atoms. The van der Waals surface area contributed by atoms with Crippen LogP contribution in [0.15, 0.2) is 59.5 Å². The number of hydrogen-bond acceptors (Lipinski definition) is 3. The lowest BCUT2D eigenvalue weighted by atomic mass is 10.1. The Morgan fingerprint density at radius 2 is 1.88 bits per heavy atom. The topological polar surface area (TPSA) is 66.5 Å². The fraction of sp³-hybridized carbons (Fsp3) is 0.350. The van der Waals surface area contributed by atoms with E-state index in [1.807, 2.05) is 48.2 Å². The second-order valence-corrected chi connectivity index (χ2v) is 8.58. The Labute approximate surface area is 155 Å². The summed E-state index contributed by atoms with van der Waals surface area (Å²) >= 11 is 0. The number of likely N-dealkylation sites (tertiary alicyclic amines) is 1. The Morgan fingerprint density at radius 1 is 1.12 bits per heavy atom. The molecule has 0 radical (unpaired) electrons. The van der Waals surface area contributed by atoms with Gasteiger partial charge in [0, 0.05) is 26.1 Å². The molecule has 0 aromatic heterocycles. The van der Waals surface area contributed by atoms with Gasteiger partial charge in [0.25, 0.3) is 0 Å². The quantitative estimate of drug-likeness (QED) is 0.811. The molecule has 138 valence electrons. The lowest BCUT2D eigenvalue weighted by molar-refractivity contribution is -0.127. The highest BCUT2D eigenvalue weighted by atomic mass is 32.2. The van der Waals surface area contributed by atoms with E-state index in [0.29, 0.717) is 19.5 Å². The van der Waals surface area contributed by atoms with Gasteiger partial charge in [0.2, 0.25) is 15.9 Å². The van der Waals surface area contributed by atoms with E-state index in [4.69, 9.17) is 0 Å². The maximum atomic E-state index is 12.4. The monoisotopic (exact) mass is 372 g/mol. The summed E-state index contributed by atoms with van der Waals surface area (Å²) in [6.45, 7) is 3.41. The van der Waals surface area contributed by atoms with Crippen molar-refractivity contribution in [1.82, 2.24) is 9.62 Å². The van der Waals surface area contributed by atoms with E-state index >= 15 is 0 Å². The smallest absolute Gasteiger partial charge is 0.240 e. The van der Waals surface area contributed by atoms with Crippen molar-refractivity contribution in [3.63, 3.8) is 0 Å². The first-order valence-electron chi connectivity index (χ1n) is 8.82. The lowest BCUT2D eigenvalue weighted by Crippen LogP contribution is -2.32. The minimum atomic E-state index is -3.54. The number of rotatable bonds is 7. The summed E-state index contributed by atoms with van der Waals surface area (Å²) in [4.78, 5) is 14.3. The predicted molar refractivity (Wildman–Crippen MR) is 101 cm³/mol. The standard InChI is InChI=1S/C20H24N2O3S/c1-16-6-5-9-19(12-16)26(24,25)21-14-18-13-20(23)22(15-18)11-10-17-7-3-2-4-8-17/h2-9,12,18,21H,10-11,13-15H2,1H3. The Morgan fingerprint density at radius 3 is 2.62 bits per heavy atom. The molecular formula is C20H24N2O3S. The number of nitrogens with zero attached hydrogens (tertiary/aromatic N) is 1. The molecule has 1 atom stereocenters. The van der Waals surface area contributed by atoms with Crippen LogP contribution in [-0.2, 0) is 21.2 Å². The number of carbonyl (C=O) groups is 1. The van der Waals surface area contributed by atoms with Gasteiger partial charge in [-0.05, 0) is 42.5 Å². The van der Waals surface area contributed by atoms with Crippen molar-refractivity contribution in [1.29, 1.82) is 0 Å². The Bertz CT molecular complexity index is 866. The summed E-state index contributed by atoms with van der Waals surface area (Å²) in [5, 5.41) is 0. The van der Waals surface area contributed by atoms with Crippen molar-refractivity contribution >= 4 is 15.9 Å². The van der Waals surface area contributed by atoms with Gasteiger partial charge in [-0.2, -0.15) is 0 Å². The van der Waals surface area contributed by atoms with Gasteiger partial charge in [0.1, 0.15) is 0 Å². The maximum absolute atomic E-state index is 12.4. The summed E-state index contributed by atoms with van der Waals surface area (Å²) in [6.07, 6.45) is 1.21. The molecule has 0 spiro atoms. The highest BCUT2D eigenvalue weighted by Crippen LogP contribution is 2.19. The van der Waals surface area contributed by atoms with Crippen LogP contribution >= 0.6 is 0 Å². The average Bonchev–Trinajstić information content (AvgIpc) is 2.99. The molecule has 1 aliphatic heterocycles. The van der Waals surface area contributed by atoms with Gasteiger partial charge < -0.3 is 4.90 Å². The van der Waals surface area contributed by atoms with Crippen molar-refractivity contribution < 1.29 is 13.2 Å². The summed E-state index contributed by atoms with van der Waals surface area (Å²) in [5.74, 6) is 0.110. The van der Waals surface area contributed by atoms with Crippen LogP contribution in [0, 0.1) is 12.8 Å². The van der Waals surface area contributed by atoms with Gasteiger partial charge >= 0.3 is 0 Å². The van der Waals surface area contributed by atoms with Crippen LogP contribution in [0.25, 0.3) is 0 Å². The zero-order chi connectivity index (χ0) is 18.6. The SMILES string of the molecule is Cc1cccc(S(=O)(=O)NCC2CC(=O)N(CCc3ccccc3)C2)c1. The number of hydrogen-bond donors (Lipinski definition) is 1. The molecule has 2 aromatic carbocycles. The Kier molecular flexibility index (Phi) is 5.74. The third-order valence-electron chi connectivity index (χ3n) is 4.67. The van der Waals surface area contributed by atoms with Gasteiger partial charge in [-0.3, -0.25) is 4.79 Å². The molecule has 0 aliphatic carbocycles. The molecule has 1 fully saturated rings. The van der Waals surface area contributed by atoms with Crippen molar-refractivity contribution in [3.8, 4) is 0 Å². The van der Waals surface area contributed by atoms with Gasteiger partial charge in [-0.25, -0.2) is 13.1 Å². The van der Waals surface area contributed by atoms with E-state index in [2.05, 4.69) is 4.72 Å². The largest absolute Gasteiger partial charge is 0.342 e. The minimum absolute atomic E-state index is 0.0119. The number of aryl methyl sites for hydroxylation is 1. The number of amides is 1. The molecule has 6 heteroatoms. The highest BCUT2D eigenvalue weighted by molar-refractivity contribution is 7.89. The van der Waals surface area contributed by atoms with Crippen LogP contribution in [0.5, 0.6) is 0 Å². The summed E-state index contributed by atoms with van der Waals surface area (Å²) in [7, 11) is -3.54. The molecule has 3 rings (SSSR count). The first-order valence-corrected chi connectivity index (χ1v) is 10.3. The third kappa shape index (κ3) is 4.71. The molecule has 1 unspecified atom stereocenters. The number of nitrogens with one attached hydrogen (secondary N) is 1. The first-order chi connectivity index (χ1) is 12.4. The molecule has 1 aliphatic rings. The second-order valence-electron chi connectivity index (χ2n) is 6.81. The minimum Gasteiger partial charge on any atom is -0.342 e. The summed E-state index contributed by atoms with van der Waals surface area (Å²) in [5.41, 5.74) is 2.10. The fourth-order valence-corrected chi connectivity index (χ4v) is 4.43. The third-order valence-corrected chi connectivity index (χ3v) is 6.09. The fourth-order valence-electron chi connectivity index (χ4n) is 3.21. The van der Waals surface area contributed by atoms with Crippen LogP contribution < -0.4 is 4.72 Å². The maximum Gasteiger partial charge on any atom is 0.240 e. The van der Waals surface area contributed by atoms with E-state index in [9.17, 15) is 13.2 Å². The zero-order valence-electron chi connectivity index (χ0n) is 14.9. The van der Waals surface area contributed by atoms with Crippen LogP contribution in [0.4, 0.5) is 0 Å². The molecule has 26 heavy (non-hydrogen) atoms. The highest BCUT2D eigenvalue weighted by Gasteiger charge is 2.30. The average molecular weight is 372 g/mol. The normalized spacial score (nSPS) is 17.7. The Hall–Kier alpha value is -2.18. The van der Waals surface area contributed by atoms with Crippen LogP contribution in [0.3, 0.4) is 0 Å². The molecule has 1 saturated heterocycles. The summed E-state index contributed by atoms with van der Waals surface area (Å²) < 4.78 is 27.5. The second kappa shape index (κ2) is 8.01. The number of carbonyl (C=O) groups excluding carboxylic acids is 1. The number of benzene rings is 2. The molecule has 1 heterocycles. The van der Waals surface area contributed by atoms with Crippen molar-refractivity contribution in [2.75, 3.05) is 19.6 Å². The van der Waals surface area contributed by atoms with E-state index in [0.717, 1.165) is 12.0 Å². The van der Waals surface area contributed by atoms with E-state index in [-0.39, 0.29) is 23.3 Å². The predicted octanol–water partition coefficient (Wildman–Crippen LogP) is 2.36. The molecule has 0 saturated carbocycles. The van der Waals surface area contributed by atoms with Gasteiger partial charge in [0.15, 0.2) is 0 Å². The molecule has 5 nitrogen and oxygen atoms in total. The molecular weight excluding hydrogens is 348 g/mol. The number of sulfonamides is 1. The van der Waals surface area contributed by atoms with Crippen LogP contribution in [0.1, 0.15) is 17.5 Å². The van der Waals surface area contributed by atoms with Crippen LogP contribution in [0.2, 0.25) is 0 Å². The molecule has 1 amide bonds. The zero-order valence-corrected chi connectivity index (χ0v) is 15.7. The Balaban J connectivity index is 1.52. The van der Waals surface area contributed by atoms with Crippen molar-refractivity contribution in [3.05, 3.63) is 65.7 Å².